The van der Waals surface area contributed by atoms with E-state index >= 15 is 0 Å². The van der Waals surface area contributed by atoms with Gasteiger partial charge in [0.05, 0.1) is 11.0 Å². The second-order valence-corrected chi connectivity index (χ2v) is 16.2. The lowest BCUT2D eigenvalue weighted by atomic mass is 9.98. The highest BCUT2D eigenvalue weighted by Crippen LogP contribution is 2.46. The average molecular weight is 775 g/mol. The Bertz CT molecular complexity index is 3560. The van der Waals surface area contributed by atoms with Crippen LogP contribution in [0.15, 0.2) is 182 Å². The van der Waals surface area contributed by atoms with Crippen LogP contribution in [0, 0.1) is 0 Å². The van der Waals surface area contributed by atoms with Gasteiger partial charge in [0, 0.05) is 53.2 Å². The maximum atomic E-state index is 5.37. The van der Waals surface area contributed by atoms with Crippen LogP contribution in [0.25, 0.3) is 114 Å². The van der Waals surface area contributed by atoms with Gasteiger partial charge in [0.2, 0.25) is 5.95 Å². The molecule has 0 aliphatic carbocycles. The summed E-state index contributed by atoms with van der Waals surface area (Å²) in [7, 11) is 0. The fourth-order valence-corrected chi connectivity index (χ4v) is 9.84. The number of nitrogens with zero attached hydrogens (tertiary/aromatic N) is 4. The molecule has 0 aliphatic rings. The van der Waals surface area contributed by atoms with Gasteiger partial charge >= 0.3 is 0 Å². The molecule has 5 heteroatoms. The molecule has 9 aromatic carbocycles. The third-order valence-electron chi connectivity index (χ3n) is 11.2. The van der Waals surface area contributed by atoms with Crippen molar-refractivity contribution >= 4 is 85.6 Å². The zero-order valence-electron chi connectivity index (χ0n) is 32.7. The number of hydrogen-bond acceptors (Lipinski definition) is 4. The van der Waals surface area contributed by atoms with Crippen LogP contribution >= 0.6 is 11.3 Å². The lowest BCUT2D eigenvalue weighted by Crippen LogP contribution is -2.07. The van der Waals surface area contributed by atoms with E-state index in [4.69, 9.17) is 15.0 Å². The van der Waals surface area contributed by atoms with Crippen molar-refractivity contribution in [1.29, 1.82) is 0 Å². The molecule has 0 N–H and O–H groups in total. The molecule has 0 saturated heterocycles. The highest BCUT2D eigenvalue weighted by molar-refractivity contribution is 7.26. The molecule has 0 radical (unpaired) electrons. The lowest BCUT2D eigenvalue weighted by molar-refractivity contribution is 0.954. The summed E-state index contributed by atoms with van der Waals surface area (Å²) in [5, 5.41) is 12.1. The maximum Gasteiger partial charge on any atom is 0.238 e. The molecule has 0 unspecified atom stereocenters. The minimum atomic E-state index is 0.583. The first-order valence-corrected chi connectivity index (χ1v) is 21.1. The van der Waals surface area contributed by atoms with Gasteiger partial charge in [-0.25, -0.2) is 4.98 Å². The summed E-state index contributed by atoms with van der Waals surface area (Å²) in [6.07, 6.45) is 1.25. The van der Waals surface area contributed by atoms with E-state index in [0.717, 1.165) is 49.3 Å². The van der Waals surface area contributed by atoms with Gasteiger partial charge in [-0.1, -0.05) is 178 Å². The molecule has 3 heterocycles. The summed E-state index contributed by atoms with van der Waals surface area (Å²) in [4.78, 5) is 15.8. The van der Waals surface area contributed by atoms with Gasteiger partial charge in [0.15, 0.2) is 11.6 Å². The Balaban J connectivity index is 0.00000129. The lowest BCUT2D eigenvalue weighted by Gasteiger charge is -2.14. The Labute approximate surface area is 345 Å². The molecule has 12 rings (SSSR count). The molecule has 0 spiro atoms. The Morgan fingerprint density at radius 3 is 1.81 bits per heavy atom. The monoisotopic (exact) mass is 774 g/mol. The van der Waals surface area contributed by atoms with Crippen molar-refractivity contribution < 1.29 is 0 Å². The molecule has 3 aromatic heterocycles. The number of hydrogen-bond donors (Lipinski definition) is 0. The summed E-state index contributed by atoms with van der Waals surface area (Å²) in [5.41, 5.74) is 6.33. The summed E-state index contributed by atoms with van der Waals surface area (Å²) >= 11 is 1.87. The van der Waals surface area contributed by atoms with E-state index in [9.17, 15) is 0 Å². The van der Waals surface area contributed by atoms with Crippen LogP contribution < -0.4 is 0 Å². The Morgan fingerprint density at radius 1 is 0.441 bits per heavy atom. The zero-order chi connectivity index (χ0) is 39.5. The topological polar surface area (TPSA) is 43.6 Å². The first kappa shape index (κ1) is 35.0. The number of benzene rings is 9. The highest BCUT2D eigenvalue weighted by atomic mass is 32.1. The first-order chi connectivity index (χ1) is 29.2. The molecule has 0 atom stereocenters. The fraction of sp³-hybridized carbons (Fsp3) is 0.0556. The molecular formula is C54H38N4S. The molecule has 280 valence electrons. The number of para-hydroxylation sites is 1. The van der Waals surface area contributed by atoms with E-state index in [-0.39, 0.29) is 0 Å². The third kappa shape index (κ3) is 5.85. The summed E-state index contributed by atoms with van der Waals surface area (Å²) in [6, 6.07) is 65.0. The minimum Gasteiger partial charge on any atom is -0.277 e. The summed E-state index contributed by atoms with van der Waals surface area (Å²) < 4.78 is 4.84. The number of fused-ring (bicyclic) bond motifs is 10. The highest BCUT2D eigenvalue weighted by Gasteiger charge is 2.23. The molecule has 0 aliphatic heterocycles. The molecule has 0 amide bonds. The zero-order valence-corrected chi connectivity index (χ0v) is 33.5. The van der Waals surface area contributed by atoms with Gasteiger partial charge in [-0.2, -0.15) is 9.97 Å². The Hall–Kier alpha value is -7.21. The molecule has 4 nitrogen and oxygen atoms in total. The van der Waals surface area contributed by atoms with Crippen LogP contribution in [0.2, 0.25) is 0 Å². The standard InChI is InChI=1S/C51H30N4S.C3H8/c1-2-14-33(15-3-1)49-52-50(37-25-24-31-12-4-5-16-34(31)28-37)54-51(53-49)55-44-30-36-18-7-6-17-35(36)29-43(44)40-21-10-20-39(47(40)55)41-22-11-23-42-46-38-19-9-8-13-32(38)26-27-45(46)56-48(41)42;1-3-2/h1-30H;3H2,1-2H3. The predicted molar refractivity (Wildman–Crippen MR) is 252 cm³/mol. The van der Waals surface area contributed by atoms with E-state index in [2.05, 4.69) is 182 Å². The summed E-state index contributed by atoms with van der Waals surface area (Å²) in [5.74, 6) is 1.84. The fourth-order valence-electron chi connectivity index (χ4n) is 8.60. The quantitative estimate of drug-likeness (QED) is 0.179. The Kier molecular flexibility index (Phi) is 8.49. The van der Waals surface area contributed by atoms with E-state index < -0.39 is 0 Å². The summed E-state index contributed by atoms with van der Waals surface area (Å²) in [6.45, 7) is 4.25. The van der Waals surface area contributed by atoms with Gasteiger partial charge in [-0.15, -0.1) is 11.3 Å². The SMILES string of the molecule is CCC.c1ccc(-c2nc(-c3ccc4ccccc4c3)nc(-n3c4cc5ccccc5cc4c4cccc(-c5cccc6c5sc5ccc7ccccc7c56)c43)n2)cc1. The first-order valence-electron chi connectivity index (χ1n) is 20.3. The van der Waals surface area contributed by atoms with Crippen molar-refractivity contribution in [3.05, 3.63) is 182 Å². The van der Waals surface area contributed by atoms with E-state index in [1.807, 2.05) is 29.5 Å². The average Bonchev–Trinajstić information content (AvgIpc) is 3.84. The molecule has 0 bridgehead atoms. The predicted octanol–water partition coefficient (Wildman–Crippen LogP) is 15.2. The van der Waals surface area contributed by atoms with E-state index in [1.54, 1.807) is 0 Å². The van der Waals surface area contributed by atoms with Crippen LogP contribution in [-0.2, 0) is 0 Å². The van der Waals surface area contributed by atoms with Gasteiger partial charge in [-0.3, -0.25) is 4.57 Å². The van der Waals surface area contributed by atoms with Crippen molar-refractivity contribution in [2.45, 2.75) is 20.3 Å². The molecular weight excluding hydrogens is 737 g/mol. The molecule has 0 fully saturated rings. The smallest absolute Gasteiger partial charge is 0.238 e. The minimum absolute atomic E-state index is 0.583. The number of aromatic nitrogens is 4. The second kappa shape index (κ2) is 14.3. The molecule has 12 aromatic rings. The second-order valence-electron chi connectivity index (χ2n) is 15.1. The third-order valence-corrected chi connectivity index (χ3v) is 12.4. The van der Waals surface area contributed by atoms with E-state index in [1.165, 1.54) is 53.7 Å². The van der Waals surface area contributed by atoms with Crippen LogP contribution in [0.4, 0.5) is 0 Å². The van der Waals surface area contributed by atoms with Crippen LogP contribution in [-0.4, -0.2) is 19.5 Å². The Morgan fingerprint density at radius 2 is 1.03 bits per heavy atom. The van der Waals surface area contributed by atoms with E-state index in [0.29, 0.717) is 17.6 Å². The maximum absolute atomic E-state index is 5.37. The van der Waals surface area contributed by atoms with Crippen LogP contribution in [0.3, 0.4) is 0 Å². The molecule has 59 heavy (non-hydrogen) atoms. The van der Waals surface area contributed by atoms with Gasteiger partial charge in [0.25, 0.3) is 0 Å². The molecule has 0 saturated carbocycles. The van der Waals surface area contributed by atoms with Crippen molar-refractivity contribution in [1.82, 2.24) is 19.5 Å². The van der Waals surface area contributed by atoms with Crippen molar-refractivity contribution in [2.75, 3.05) is 0 Å². The van der Waals surface area contributed by atoms with Crippen molar-refractivity contribution in [2.24, 2.45) is 0 Å². The number of rotatable bonds is 4. The van der Waals surface area contributed by atoms with Gasteiger partial charge in [-0.05, 0) is 56.6 Å². The van der Waals surface area contributed by atoms with Crippen LogP contribution in [0.5, 0.6) is 0 Å². The van der Waals surface area contributed by atoms with Crippen LogP contribution in [0.1, 0.15) is 20.3 Å². The largest absolute Gasteiger partial charge is 0.277 e. The van der Waals surface area contributed by atoms with Crippen molar-refractivity contribution in [3.63, 3.8) is 0 Å². The van der Waals surface area contributed by atoms with Crippen molar-refractivity contribution in [3.8, 4) is 39.9 Å². The van der Waals surface area contributed by atoms with Gasteiger partial charge in [0.1, 0.15) is 0 Å². The van der Waals surface area contributed by atoms with Gasteiger partial charge < -0.3 is 0 Å². The normalized spacial score (nSPS) is 11.6. The number of thiophene rings is 1.